The van der Waals surface area contributed by atoms with Crippen LogP contribution in [0.2, 0.25) is 0 Å². The number of benzene rings is 1. The van der Waals surface area contributed by atoms with Crippen LogP contribution in [-0.4, -0.2) is 25.1 Å². The zero-order chi connectivity index (χ0) is 17.9. The number of amides is 1. The zero-order valence-corrected chi connectivity index (χ0v) is 14.4. The molecule has 0 spiro atoms. The summed E-state index contributed by atoms with van der Waals surface area (Å²) in [5, 5.41) is 2.58. The number of nitrogens with zero attached hydrogens (tertiary/aromatic N) is 1. The summed E-state index contributed by atoms with van der Waals surface area (Å²) in [5.74, 6) is 0.140. The summed E-state index contributed by atoms with van der Waals surface area (Å²) in [5.41, 5.74) is 0.665. The average molecular weight is 336 g/mol. The van der Waals surface area contributed by atoms with Gasteiger partial charge in [0.15, 0.2) is 17.5 Å². The summed E-state index contributed by atoms with van der Waals surface area (Å²) in [4.78, 5) is 16.7. The number of hydrogen-bond acceptors (Lipinski definition) is 5. The third kappa shape index (κ3) is 3.84. The smallest absolute Gasteiger partial charge is 0.293 e. The lowest BCUT2D eigenvalue weighted by molar-refractivity contribution is 0.0993. The molecule has 7 heteroatoms. The van der Waals surface area contributed by atoms with Crippen LogP contribution in [0.5, 0.6) is 11.5 Å². The normalized spacial score (nSPS) is 10.8. The van der Waals surface area contributed by atoms with Crippen molar-refractivity contribution in [1.82, 2.24) is 4.98 Å². The molecule has 0 fully saturated rings. The average Bonchev–Trinajstić information content (AvgIpc) is 2.87. The Hall–Kier alpha value is -2.57. The van der Waals surface area contributed by atoms with Gasteiger partial charge in [0.05, 0.1) is 25.6 Å². The van der Waals surface area contributed by atoms with Gasteiger partial charge in [-0.25, -0.2) is 9.37 Å². The summed E-state index contributed by atoms with van der Waals surface area (Å²) in [6, 6.07) is 2.50. The molecule has 1 N–H and O–H groups in total. The number of rotatable bonds is 6. The molecule has 0 saturated carbocycles. The van der Waals surface area contributed by atoms with E-state index in [0.29, 0.717) is 23.9 Å². The van der Waals surface area contributed by atoms with Gasteiger partial charge in [0.25, 0.3) is 5.91 Å². The van der Waals surface area contributed by atoms with Crippen molar-refractivity contribution in [2.24, 2.45) is 5.92 Å². The lowest BCUT2D eigenvalue weighted by Crippen LogP contribution is -2.13. The number of aryl methyl sites for hydroxylation is 1. The molecule has 1 heterocycles. The third-order valence-corrected chi connectivity index (χ3v) is 3.35. The van der Waals surface area contributed by atoms with Crippen LogP contribution in [0.1, 0.15) is 36.0 Å². The zero-order valence-electron chi connectivity index (χ0n) is 14.4. The van der Waals surface area contributed by atoms with Gasteiger partial charge >= 0.3 is 0 Å². The van der Waals surface area contributed by atoms with E-state index in [0.717, 1.165) is 6.07 Å². The van der Waals surface area contributed by atoms with Crippen LogP contribution in [0, 0.1) is 18.7 Å². The number of halogens is 1. The molecule has 1 aromatic carbocycles. The van der Waals surface area contributed by atoms with Crippen molar-refractivity contribution in [1.29, 1.82) is 0 Å². The van der Waals surface area contributed by atoms with Gasteiger partial charge in [0.1, 0.15) is 5.75 Å². The SMILES string of the molecule is COc1cc(OC)c(NC(=O)c2oc(CC(C)C)nc2C)cc1F. The molecule has 2 rings (SSSR count). The Labute approximate surface area is 140 Å². The summed E-state index contributed by atoms with van der Waals surface area (Å²) < 4.78 is 29.5. The van der Waals surface area contributed by atoms with Crippen molar-refractivity contribution in [2.75, 3.05) is 19.5 Å². The lowest BCUT2D eigenvalue weighted by atomic mass is 10.1. The Kier molecular flexibility index (Phi) is 5.43. The second kappa shape index (κ2) is 7.33. The Morgan fingerprint density at radius 3 is 2.54 bits per heavy atom. The molecule has 0 aliphatic rings. The molecule has 0 aliphatic heterocycles. The van der Waals surface area contributed by atoms with Crippen LogP contribution in [0.3, 0.4) is 0 Å². The molecule has 0 radical (unpaired) electrons. The van der Waals surface area contributed by atoms with Crippen molar-refractivity contribution in [3.63, 3.8) is 0 Å². The minimum absolute atomic E-state index is 0.0277. The van der Waals surface area contributed by atoms with Crippen molar-refractivity contribution < 1.29 is 23.1 Å². The van der Waals surface area contributed by atoms with Crippen LogP contribution < -0.4 is 14.8 Å². The summed E-state index contributed by atoms with van der Waals surface area (Å²) in [6.45, 7) is 5.75. The highest BCUT2D eigenvalue weighted by molar-refractivity contribution is 6.03. The number of oxazole rings is 1. The number of hydrogen-bond donors (Lipinski definition) is 1. The molecule has 6 nitrogen and oxygen atoms in total. The van der Waals surface area contributed by atoms with E-state index in [1.807, 2.05) is 13.8 Å². The number of ether oxygens (including phenoxy) is 2. The highest BCUT2D eigenvalue weighted by Gasteiger charge is 2.20. The molecule has 24 heavy (non-hydrogen) atoms. The first-order valence-corrected chi connectivity index (χ1v) is 7.54. The van der Waals surface area contributed by atoms with E-state index in [9.17, 15) is 9.18 Å². The summed E-state index contributed by atoms with van der Waals surface area (Å²) in [7, 11) is 2.77. The van der Waals surface area contributed by atoms with Crippen molar-refractivity contribution in [3.8, 4) is 11.5 Å². The summed E-state index contributed by atoms with van der Waals surface area (Å²) in [6.07, 6.45) is 0.634. The monoisotopic (exact) mass is 336 g/mol. The number of methoxy groups -OCH3 is 2. The fourth-order valence-corrected chi connectivity index (χ4v) is 2.24. The van der Waals surface area contributed by atoms with Gasteiger partial charge in [0, 0.05) is 18.6 Å². The molecule has 0 aliphatic carbocycles. The topological polar surface area (TPSA) is 73.6 Å². The maximum Gasteiger partial charge on any atom is 0.293 e. The number of carbonyl (C=O) groups excluding carboxylic acids is 1. The van der Waals surface area contributed by atoms with Gasteiger partial charge in [-0.05, 0) is 12.8 Å². The van der Waals surface area contributed by atoms with Crippen LogP contribution in [0.15, 0.2) is 16.5 Å². The van der Waals surface area contributed by atoms with E-state index in [1.54, 1.807) is 6.92 Å². The van der Waals surface area contributed by atoms with Crippen LogP contribution in [-0.2, 0) is 6.42 Å². The molecule has 2 aromatic rings. The number of aromatic nitrogens is 1. The van der Waals surface area contributed by atoms with Gasteiger partial charge in [-0.15, -0.1) is 0 Å². The fourth-order valence-electron chi connectivity index (χ4n) is 2.24. The van der Waals surface area contributed by atoms with Gasteiger partial charge in [-0.1, -0.05) is 13.8 Å². The Morgan fingerprint density at radius 2 is 1.96 bits per heavy atom. The Morgan fingerprint density at radius 1 is 1.29 bits per heavy atom. The molecule has 0 saturated heterocycles. The molecular weight excluding hydrogens is 315 g/mol. The second-order valence-corrected chi connectivity index (χ2v) is 5.76. The standard InChI is InChI=1S/C17H21FN2O4/c1-9(2)6-15-19-10(3)16(24-15)17(21)20-12-7-11(18)13(22-4)8-14(12)23-5/h7-9H,6H2,1-5H3,(H,20,21). The van der Waals surface area contributed by atoms with Crippen molar-refractivity contribution in [3.05, 3.63) is 35.3 Å². The third-order valence-electron chi connectivity index (χ3n) is 3.35. The molecule has 0 unspecified atom stereocenters. The van der Waals surface area contributed by atoms with Gasteiger partial charge in [-0.3, -0.25) is 4.79 Å². The minimum atomic E-state index is -0.608. The molecule has 130 valence electrons. The Bertz CT molecular complexity index is 740. The maximum atomic E-state index is 13.9. The van der Waals surface area contributed by atoms with Gasteiger partial charge in [0.2, 0.25) is 5.76 Å². The highest BCUT2D eigenvalue weighted by Crippen LogP contribution is 2.32. The molecule has 1 aromatic heterocycles. The summed E-state index contributed by atoms with van der Waals surface area (Å²) >= 11 is 0. The van der Waals surface area contributed by atoms with E-state index in [-0.39, 0.29) is 22.9 Å². The second-order valence-electron chi connectivity index (χ2n) is 5.76. The molecule has 0 atom stereocenters. The molecule has 0 bridgehead atoms. The van der Waals surface area contributed by atoms with Gasteiger partial charge in [-0.2, -0.15) is 0 Å². The number of anilines is 1. The first-order valence-electron chi connectivity index (χ1n) is 7.54. The number of carbonyl (C=O) groups is 1. The van der Waals surface area contributed by atoms with Crippen LogP contribution in [0.25, 0.3) is 0 Å². The van der Waals surface area contributed by atoms with Crippen molar-refractivity contribution in [2.45, 2.75) is 27.2 Å². The fraction of sp³-hybridized carbons (Fsp3) is 0.412. The van der Waals surface area contributed by atoms with E-state index >= 15 is 0 Å². The predicted octanol–water partition coefficient (Wildman–Crippen LogP) is 3.59. The first kappa shape index (κ1) is 17.8. The van der Waals surface area contributed by atoms with Gasteiger partial charge < -0.3 is 19.2 Å². The quantitative estimate of drug-likeness (QED) is 0.872. The minimum Gasteiger partial charge on any atom is -0.494 e. The van der Waals surface area contributed by atoms with Crippen LogP contribution in [0.4, 0.5) is 10.1 Å². The van der Waals surface area contributed by atoms with E-state index in [1.165, 1.54) is 20.3 Å². The molecule has 1 amide bonds. The first-order chi connectivity index (χ1) is 11.3. The molecular formula is C17H21FN2O4. The lowest BCUT2D eigenvalue weighted by Gasteiger charge is -2.12. The van der Waals surface area contributed by atoms with E-state index in [2.05, 4.69) is 10.3 Å². The highest BCUT2D eigenvalue weighted by atomic mass is 19.1. The predicted molar refractivity (Wildman–Crippen MR) is 87.2 cm³/mol. The number of nitrogens with one attached hydrogen (secondary N) is 1. The van der Waals surface area contributed by atoms with Crippen LogP contribution >= 0.6 is 0 Å². The van der Waals surface area contributed by atoms with Crippen molar-refractivity contribution >= 4 is 11.6 Å². The maximum absolute atomic E-state index is 13.9. The van der Waals surface area contributed by atoms with E-state index in [4.69, 9.17) is 13.9 Å². The van der Waals surface area contributed by atoms with E-state index < -0.39 is 11.7 Å². The largest absolute Gasteiger partial charge is 0.494 e. The Balaban J connectivity index is 2.26.